The van der Waals surface area contributed by atoms with Gasteiger partial charge in [-0.3, -0.25) is 0 Å². The number of benzene rings is 1. The molecule has 0 aliphatic rings. The van der Waals surface area contributed by atoms with E-state index in [4.69, 9.17) is 0 Å². The summed E-state index contributed by atoms with van der Waals surface area (Å²) in [6, 6.07) is 8.52. The van der Waals surface area contributed by atoms with E-state index < -0.39 is 0 Å². The van der Waals surface area contributed by atoms with Crippen LogP contribution in [0.2, 0.25) is 0 Å². The van der Waals surface area contributed by atoms with Gasteiger partial charge in [0.25, 0.3) is 0 Å². The zero-order valence-corrected chi connectivity index (χ0v) is 13.0. The number of rotatable bonds is 5. The molecule has 0 saturated heterocycles. The van der Waals surface area contributed by atoms with Gasteiger partial charge in [-0.25, -0.2) is 0 Å². The largest absolute Gasteiger partial charge is 0.312 e. The van der Waals surface area contributed by atoms with E-state index in [-0.39, 0.29) is 5.54 Å². The van der Waals surface area contributed by atoms with E-state index in [2.05, 4.69) is 73.2 Å². The van der Waals surface area contributed by atoms with Crippen molar-refractivity contribution in [1.29, 1.82) is 0 Å². The standard InChI is InChI=1S/C15H24BrN/c1-5-12(11-17-15(2,3)4)10-13-8-6-7-9-14(13)16/h6-9,12,17H,5,10-11H2,1-4H3. The van der Waals surface area contributed by atoms with Gasteiger partial charge < -0.3 is 5.32 Å². The van der Waals surface area contributed by atoms with Gasteiger partial charge in [0.05, 0.1) is 0 Å². The van der Waals surface area contributed by atoms with Crippen molar-refractivity contribution >= 4 is 15.9 Å². The van der Waals surface area contributed by atoms with Crippen molar-refractivity contribution < 1.29 is 0 Å². The van der Waals surface area contributed by atoms with Crippen LogP contribution in [0.25, 0.3) is 0 Å². The smallest absolute Gasteiger partial charge is 0.0207 e. The second-order valence-electron chi connectivity index (χ2n) is 5.70. The molecule has 0 bridgehead atoms. The minimum Gasteiger partial charge on any atom is -0.312 e. The average Bonchev–Trinajstić information content (AvgIpc) is 2.25. The lowest BCUT2D eigenvalue weighted by Gasteiger charge is -2.25. The molecule has 1 aromatic rings. The maximum Gasteiger partial charge on any atom is 0.0207 e. The lowest BCUT2D eigenvalue weighted by atomic mass is 9.95. The Balaban J connectivity index is 2.56. The molecule has 0 fully saturated rings. The fourth-order valence-corrected chi connectivity index (χ4v) is 2.23. The molecule has 1 unspecified atom stereocenters. The van der Waals surface area contributed by atoms with Gasteiger partial charge in [0, 0.05) is 10.0 Å². The Morgan fingerprint density at radius 3 is 2.41 bits per heavy atom. The molecular weight excluding hydrogens is 274 g/mol. The maximum atomic E-state index is 3.62. The summed E-state index contributed by atoms with van der Waals surface area (Å²) in [6.45, 7) is 10.0. The minimum absolute atomic E-state index is 0.210. The van der Waals surface area contributed by atoms with E-state index in [0.29, 0.717) is 5.92 Å². The fraction of sp³-hybridized carbons (Fsp3) is 0.600. The Kier molecular flexibility index (Phi) is 5.68. The fourth-order valence-electron chi connectivity index (χ4n) is 1.79. The van der Waals surface area contributed by atoms with Crippen molar-refractivity contribution in [3.05, 3.63) is 34.3 Å². The molecule has 1 rings (SSSR count). The molecule has 1 atom stereocenters. The molecule has 0 radical (unpaired) electrons. The highest BCUT2D eigenvalue weighted by Gasteiger charge is 2.14. The Morgan fingerprint density at radius 2 is 1.88 bits per heavy atom. The van der Waals surface area contributed by atoms with Crippen LogP contribution in [-0.2, 0) is 6.42 Å². The molecule has 1 nitrogen and oxygen atoms in total. The number of halogens is 1. The summed E-state index contributed by atoms with van der Waals surface area (Å²) in [5.74, 6) is 0.702. The van der Waals surface area contributed by atoms with Crippen LogP contribution in [0.5, 0.6) is 0 Å². The van der Waals surface area contributed by atoms with Gasteiger partial charge in [0.15, 0.2) is 0 Å². The third-order valence-corrected chi connectivity index (χ3v) is 3.74. The van der Waals surface area contributed by atoms with E-state index >= 15 is 0 Å². The van der Waals surface area contributed by atoms with Gasteiger partial charge in [-0.05, 0) is 51.3 Å². The van der Waals surface area contributed by atoms with Gasteiger partial charge in [-0.15, -0.1) is 0 Å². The monoisotopic (exact) mass is 297 g/mol. The zero-order chi connectivity index (χ0) is 12.9. The lowest BCUT2D eigenvalue weighted by Crippen LogP contribution is -2.39. The van der Waals surface area contributed by atoms with Crippen LogP contribution in [0, 0.1) is 5.92 Å². The molecule has 1 N–H and O–H groups in total. The van der Waals surface area contributed by atoms with Crippen LogP contribution in [0.15, 0.2) is 28.7 Å². The van der Waals surface area contributed by atoms with E-state index in [0.717, 1.165) is 13.0 Å². The van der Waals surface area contributed by atoms with E-state index in [1.54, 1.807) is 0 Å². The Bertz CT molecular complexity index is 341. The van der Waals surface area contributed by atoms with Gasteiger partial charge >= 0.3 is 0 Å². The first kappa shape index (κ1) is 14.7. The second kappa shape index (κ2) is 6.55. The van der Waals surface area contributed by atoms with Gasteiger partial charge in [0.2, 0.25) is 0 Å². The normalized spacial score (nSPS) is 13.7. The molecule has 0 aromatic heterocycles. The average molecular weight is 298 g/mol. The predicted molar refractivity (Wildman–Crippen MR) is 79.4 cm³/mol. The van der Waals surface area contributed by atoms with Crippen molar-refractivity contribution in [2.75, 3.05) is 6.54 Å². The van der Waals surface area contributed by atoms with Crippen molar-refractivity contribution in [3.63, 3.8) is 0 Å². The van der Waals surface area contributed by atoms with Gasteiger partial charge in [-0.1, -0.05) is 47.5 Å². The minimum atomic E-state index is 0.210. The van der Waals surface area contributed by atoms with E-state index in [1.807, 2.05) is 0 Å². The first-order valence-electron chi connectivity index (χ1n) is 6.41. The number of nitrogens with one attached hydrogen (secondary N) is 1. The maximum absolute atomic E-state index is 3.62. The zero-order valence-electron chi connectivity index (χ0n) is 11.4. The summed E-state index contributed by atoms with van der Waals surface area (Å²) in [5, 5.41) is 3.60. The molecule has 0 amide bonds. The highest BCUT2D eigenvalue weighted by atomic mass is 79.9. The van der Waals surface area contributed by atoms with Gasteiger partial charge in [-0.2, -0.15) is 0 Å². The van der Waals surface area contributed by atoms with Crippen LogP contribution in [-0.4, -0.2) is 12.1 Å². The molecule has 2 heteroatoms. The molecule has 96 valence electrons. The van der Waals surface area contributed by atoms with Crippen molar-refractivity contribution in [3.8, 4) is 0 Å². The van der Waals surface area contributed by atoms with E-state index in [9.17, 15) is 0 Å². The topological polar surface area (TPSA) is 12.0 Å². The molecule has 0 spiro atoms. The molecule has 0 aliphatic carbocycles. The molecular formula is C15H24BrN. The Labute approximate surface area is 114 Å². The Hall–Kier alpha value is -0.340. The first-order valence-corrected chi connectivity index (χ1v) is 7.20. The Morgan fingerprint density at radius 1 is 1.24 bits per heavy atom. The highest BCUT2D eigenvalue weighted by molar-refractivity contribution is 9.10. The molecule has 0 heterocycles. The van der Waals surface area contributed by atoms with Crippen LogP contribution in [0.1, 0.15) is 39.7 Å². The summed E-state index contributed by atoms with van der Waals surface area (Å²) in [6.07, 6.45) is 2.35. The first-order chi connectivity index (χ1) is 7.92. The van der Waals surface area contributed by atoms with Crippen LogP contribution < -0.4 is 5.32 Å². The lowest BCUT2D eigenvalue weighted by molar-refractivity contribution is 0.363. The van der Waals surface area contributed by atoms with Crippen molar-refractivity contribution in [2.45, 2.75) is 46.1 Å². The van der Waals surface area contributed by atoms with Crippen molar-refractivity contribution in [2.24, 2.45) is 5.92 Å². The molecule has 0 aliphatic heterocycles. The van der Waals surface area contributed by atoms with Crippen LogP contribution in [0.4, 0.5) is 0 Å². The third-order valence-electron chi connectivity index (χ3n) is 2.96. The molecule has 1 aromatic carbocycles. The summed E-state index contributed by atoms with van der Waals surface area (Å²) >= 11 is 3.62. The van der Waals surface area contributed by atoms with Crippen LogP contribution >= 0.6 is 15.9 Å². The van der Waals surface area contributed by atoms with Crippen LogP contribution in [0.3, 0.4) is 0 Å². The predicted octanol–water partition coefficient (Wildman–Crippen LogP) is 4.41. The molecule has 0 saturated carbocycles. The molecule has 17 heavy (non-hydrogen) atoms. The highest BCUT2D eigenvalue weighted by Crippen LogP contribution is 2.21. The van der Waals surface area contributed by atoms with E-state index in [1.165, 1.54) is 16.5 Å². The third kappa shape index (κ3) is 5.69. The van der Waals surface area contributed by atoms with Crippen molar-refractivity contribution in [1.82, 2.24) is 5.32 Å². The second-order valence-corrected chi connectivity index (χ2v) is 6.56. The summed E-state index contributed by atoms with van der Waals surface area (Å²) < 4.78 is 1.23. The summed E-state index contributed by atoms with van der Waals surface area (Å²) in [5.41, 5.74) is 1.62. The number of hydrogen-bond acceptors (Lipinski definition) is 1. The summed E-state index contributed by atoms with van der Waals surface area (Å²) in [4.78, 5) is 0. The quantitative estimate of drug-likeness (QED) is 0.849. The van der Waals surface area contributed by atoms with Gasteiger partial charge in [0.1, 0.15) is 0 Å². The number of hydrogen-bond donors (Lipinski definition) is 1. The summed E-state index contributed by atoms with van der Waals surface area (Å²) in [7, 11) is 0. The SMILES string of the molecule is CCC(CNC(C)(C)C)Cc1ccccc1Br.